The first kappa shape index (κ1) is 11.8. The van der Waals surface area contributed by atoms with Crippen molar-refractivity contribution in [2.75, 3.05) is 0 Å². The third-order valence-electron chi connectivity index (χ3n) is 3.53. The lowest BCUT2D eigenvalue weighted by molar-refractivity contribution is -0.155. The van der Waals surface area contributed by atoms with Crippen LogP contribution in [0, 0.1) is 11.8 Å². The Morgan fingerprint density at radius 3 is 2.18 bits per heavy atom. The van der Waals surface area contributed by atoms with Crippen LogP contribution in [0.15, 0.2) is 12.2 Å². The van der Waals surface area contributed by atoms with Crippen molar-refractivity contribution in [3.8, 4) is 0 Å². The summed E-state index contributed by atoms with van der Waals surface area (Å²) in [5.41, 5.74) is 0. The fourth-order valence-corrected chi connectivity index (χ4v) is 2.60. The van der Waals surface area contributed by atoms with Crippen LogP contribution in [0.2, 0.25) is 0 Å². The highest BCUT2D eigenvalue weighted by molar-refractivity contribution is 6.07. The summed E-state index contributed by atoms with van der Waals surface area (Å²) in [6.07, 6.45) is 5.11. The number of aliphatic carboxylic acids is 1. The maximum Gasteiger partial charge on any atom is 0.326 e. The van der Waals surface area contributed by atoms with Crippen LogP contribution in [0.3, 0.4) is 0 Å². The lowest BCUT2D eigenvalue weighted by atomic mass is 9.85. The minimum atomic E-state index is -1.11. The van der Waals surface area contributed by atoms with Gasteiger partial charge >= 0.3 is 5.97 Å². The number of fused-ring (bicyclic) bond motifs is 1. The fraction of sp³-hybridized carbons (Fsp3) is 0.583. The molecule has 2 amide bonds. The zero-order valence-electron chi connectivity index (χ0n) is 9.63. The number of carboxylic acid groups (broad SMARTS) is 1. The fourth-order valence-electron chi connectivity index (χ4n) is 2.60. The lowest BCUT2D eigenvalue weighted by Gasteiger charge is -2.21. The molecule has 3 atom stereocenters. The van der Waals surface area contributed by atoms with E-state index >= 15 is 0 Å². The number of hydrogen-bond donors (Lipinski definition) is 1. The third-order valence-corrected chi connectivity index (χ3v) is 3.53. The average molecular weight is 237 g/mol. The highest BCUT2D eigenvalue weighted by Gasteiger charge is 2.50. The molecule has 0 aromatic rings. The number of carboxylic acids is 1. The van der Waals surface area contributed by atoms with Crippen molar-refractivity contribution < 1.29 is 19.5 Å². The van der Waals surface area contributed by atoms with Gasteiger partial charge in [-0.25, -0.2) is 4.79 Å². The molecule has 5 heteroatoms. The second-order valence-electron chi connectivity index (χ2n) is 4.46. The molecule has 1 fully saturated rings. The summed E-state index contributed by atoms with van der Waals surface area (Å²) in [5.74, 6) is -2.44. The molecule has 5 nitrogen and oxygen atoms in total. The molecule has 1 heterocycles. The molecule has 3 unspecified atom stereocenters. The van der Waals surface area contributed by atoms with Gasteiger partial charge in [0.2, 0.25) is 11.8 Å². The van der Waals surface area contributed by atoms with Crippen molar-refractivity contribution >= 4 is 17.8 Å². The smallest absolute Gasteiger partial charge is 0.326 e. The van der Waals surface area contributed by atoms with Crippen molar-refractivity contribution in [2.45, 2.75) is 32.2 Å². The minimum Gasteiger partial charge on any atom is -0.480 e. The minimum absolute atomic E-state index is 0.250. The Balaban J connectivity index is 2.28. The van der Waals surface area contributed by atoms with Crippen LogP contribution in [-0.4, -0.2) is 33.8 Å². The average Bonchev–Trinajstić information content (AvgIpc) is 2.56. The van der Waals surface area contributed by atoms with E-state index in [1.54, 1.807) is 6.92 Å². The maximum absolute atomic E-state index is 12.1. The first-order valence-electron chi connectivity index (χ1n) is 5.82. The number of imide groups is 1. The van der Waals surface area contributed by atoms with Crippen LogP contribution in [0.4, 0.5) is 0 Å². The molecule has 0 bridgehead atoms. The topological polar surface area (TPSA) is 74.7 Å². The van der Waals surface area contributed by atoms with Gasteiger partial charge in [-0.3, -0.25) is 14.5 Å². The molecule has 1 aliphatic heterocycles. The summed E-state index contributed by atoms with van der Waals surface area (Å²) in [7, 11) is 0. The van der Waals surface area contributed by atoms with Crippen molar-refractivity contribution in [2.24, 2.45) is 11.8 Å². The first-order chi connectivity index (χ1) is 8.07. The van der Waals surface area contributed by atoms with E-state index in [1.165, 1.54) is 0 Å². The van der Waals surface area contributed by atoms with Gasteiger partial charge in [0.25, 0.3) is 0 Å². The van der Waals surface area contributed by atoms with Gasteiger partial charge < -0.3 is 5.11 Å². The molecular formula is C12H15NO4. The number of amides is 2. The van der Waals surface area contributed by atoms with Crippen molar-refractivity contribution in [3.05, 3.63) is 12.2 Å². The summed E-state index contributed by atoms with van der Waals surface area (Å²) < 4.78 is 0. The Bertz CT molecular complexity index is 375. The van der Waals surface area contributed by atoms with Gasteiger partial charge in [0.15, 0.2) is 0 Å². The zero-order chi connectivity index (χ0) is 12.6. The number of nitrogens with zero attached hydrogens (tertiary/aromatic N) is 1. The van der Waals surface area contributed by atoms with Gasteiger partial charge in [0, 0.05) is 0 Å². The van der Waals surface area contributed by atoms with Gasteiger partial charge in [0.1, 0.15) is 6.04 Å². The third kappa shape index (κ3) is 1.75. The van der Waals surface area contributed by atoms with Crippen LogP contribution < -0.4 is 0 Å². The molecule has 0 saturated carbocycles. The lowest BCUT2D eigenvalue weighted by Crippen LogP contribution is -2.45. The molecular weight excluding hydrogens is 222 g/mol. The van der Waals surface area contributed by atoms with Crippen molar-refractivity contribution in [1.82, 2.24) is 4.90 Å². The van der Waals surface area contributed by atoms with Crippen LogP contribution >= 0.6 is 0 Å². The van der Waals surface area contributed by atoms with Crippen molar-refractivity contribution in [3.63, 3.8) is 0 Å². The summed E-state index contributed by atoms with van der Waals surface area (Å²) in [4.78, 5) is 36.1. The maximum atomic E-state index is 12.1. The molecule has 0 aromatic heterocycles. The standard InChI is InChI=1S/C12H15NO4/c1-2-9(12(16)17)13-10(14)7-5-3-4-6-8(7)11(13)15/h3-4,7-9H,2,5-6H2,1H3,(H,16,17). The molecule has 0 spiro atoms. The van der Waals surface area contributed by atoms with E-state index in [2.05, 4.69) is 0 Å². The molecule has 17 heavy (non-hydrogen) atoms. The SMILES string of the molecule is CCC(C(=O)O)N1C(=O)C2CC=CCC2C1=O. The number of hydrogen-bond acceptors (Lipinski definition) is 3. The van der Waals surface area contributed by atoms with E-state index in [0.717, 1.165) is 4.90 Å². The molecule has 2 aliphatic rings. The van der Waals surface area contributed by atoms with E-state index in [4.69, 9.17) is 5.11 Å². The summed E-state index contributed by atoms with van der Waals surface area (Å²) in [6, 6.07) is -1.01. The predicted octanol–water partition coefficient (Wildman–Crippen LogP) is 0.801. The Morgan fingerprint density at radius 2 is 1.82 bits per heavy atom. The summed E-state index contributed by atoms with van der Waals surface area (Å²) >= 11 is 0. The van der Waals surface area contributed by atoms with Crippen LogP contribution in [0.25, 0.3) is 0 Å². The van der Waals surface area contributed by atoms with E-state index in [-0.39, 0.29) is 30.1 Å². The molecule has 0 radical (unpaired) electrons. The molecule has 0 aromatic carbocycles. The van der Waals surface area contributed by atoms with Crippen LogP contribution in [0.1, 0.15) is 26.2 Å². The second kappa shape index (κ2) is 4.31. The van der Waals surface area contributed by atoms with Gasteiger partial charge in [-0.1, -0.05) is 19.1 Å². The highest BCUT2D eigenvalue weighted by Crippen LogP contribution is 2.36. The Morgan fingerprint density at radius 1 is 1.35 bits per heavy atom. The number of allylic oxidation sites excluding steroid dienone is 2. The molecule has 1 aliphatic carbocycles. The zero-order valence-corrected chi connectivity index (χ0v) is 9.63. The Labute approximate surface area is 99.1 Å². The van der Waals surface area contributed by atoms with E-state index in [0.29, 0.717) is 12.8 Å². The Kier molecular flexibility index (Phi) is 3.00. The quantitative estimate of drug-likeness (QED) is 0.582. The van der Waals surface area contributed by atoms with Gasteiger partial charge in [0.05, 0.1) is 11.8 Å². The van der Waals surface area contributed by atoms with Gasteiger partial charge in [-0.2, -0.15) is 0 Å². The van der Waals surface area contributed by atoms with Gasteiger partial charge in [-0.05, 0) is 19.3 Å². The van der Waals surface area contributed by atoms with E-state index < -0.39 is 12.0 Å². The summed E-state index contributed by atoms with van der Waals surface area (Å²) in [5, 5.41) is 9.04. The predicted molar refractivity (Wildman–Crippen MR) is 58.9 cm³/mol. The van der Waals surface area contributed by atoms with E-state index in [1.807, 2.05) is 12.2 Å². The largest absolute Gasteiger partial charge is 0.480 e. The molecule has 1 saturated heterocycles. The molecule has 1 N–H and O–H groups in total. The van der Waals surface area contributed by atoms with Gasteiger partial charge in [-0.15, -0.1) is 0 Å². The number of rotatable bonds is 3. The number of carbonyl (C=O) groups excluding carboxylic acids is 2. The van der Waals surface area contributed by atoms with E-state index in [9.17, 15) is 14.4 Å². The first-order valence-corrected chi connectivity index (χ1v) is 5.82. The number of likely N-dealkylation sites (tertiary alicyclic amines) is 1. The summed E-state index contributed by atoms with van der Waals surface area (Å²) in [6.45, 7) is 1.67. The molecule has 92 valence electrons. The normalized spacial score (nSPS) is 29.4. The van der Waals surface area contributed by atoms with Crippen LogP contribution in [0.5, 0.6) is 0 Å². The monoisotopic (exact) mass is 237 g/mol. The Hall–Kier alpha value is -1.65. The second-order valence-corrected chi connectivity index (χ2v) is 4.46. The van der Waals surface area contributed by atoms with Crippen LogP contribution in [-0.2, 0) is 14.4 Å². The van der Waals surface area contributed by atoms with Crippen molar-refractivity contribution in [1.29, 1.82) is 0 Å². The number of carbonyl (C=O) groups is 3. The highest BCUT2D eigenvalue weighted by atomic mass is 16.4. The molecule has 2 rings (SSSR count).